The van der Waals surface area contributed by atoms with Crippen LogP contribution in [-0.2, 0) is 9.59 Å². The third kappa shape index (κ3) is 3.66. The molecule has 1 aliphatic heterocycles. The zero-order valence-corrected chi connectivity index (χ0v) is 15.3. The summed E-state index contributed by atoms with van der Waals surface area (Å²) in [5, 5.41) is 6.32. The van der Waals surface area contributed by atoms with E-state index < -0.39 is 0 Å². The molecule has 1 aliphatic rings. The number of nitrogens with zero attached hydrogens (tertiary/aromatic N) is 1. The van der Waals surface area contributed by atoms with Crippen molar-refractivity contribution in [3.8, 4) is 17.0 Å². The summed E-state index contributed by atoms with van der Waals surface area (Å²) in [4.78, 5) is 29.3. The van der Waals surface area contributed by atoms with Crippen LogP contribution in [0, 0.1) is 12.8 Å². The molecule has 2 amide bonds. The van der Waals surface area contributed by atoms with Gasteiger partial charge >= 0.3 is 0 Å². The summed E-state index contributed by atoms with van der Waals surface area (Å²) in [7, 11) is 0. The first-order valence-corrected chi connectivity index (χ1v) is 9.18. The lowest BCUT2D eigenvalue weighted by Gasteiger charge is -2.18. The summed E-state index contributed by atoms with van der Waals surface area (Å²) >= 11 is 1.45. The molecule has 25 heavy (non-hydrogen) atoms. The first kappa shape index (κ1) is 17.4. The molecule has 0 aliphatic carbocycles. The number of aryl methyl sites for hydroxylation is 1. The van der Waals surface area contributed by atoms with Crippen molar-refractivity contribution in [2.24, 2.45) is 5.92 Å². The van der Waals surface area contributed by atoms with Gasteiger partial charge in [0.2, 0.25) is 5.91 Å². The van der Waals surface area contributed by atoms with Gasteiger partial charge < -0.3 is 15.4 Å². The molecule has 2 N–H and O–H groups in total. The van der Waals surface area contributed by atoms with Gasteiger partial charge in [0, 0.05) is 16.4 Å². The minimum atomic E-state index is -0.169. The Balaban J connectivity index is 1.84. The standard InChI is InChI=1S/C18H21N3O3S/c1-4-11(5-2)17(23)21-18-20-16(10(3)25-18)12-6-7-14-13(8-12)19-15(22)9-24-14/h6-8,11H,4-5,9H2,1-3H3,(H,19,22)(H,20,21,23). The van der Waals surface area contributed by atoms with Gasteiger partial charge in [0.25, 0.3) is 5.91 Å². The molecule has 0 bridgehead atoms. The predicted octanol–water partition coefficient (Wildman–Crippen LogP) is 3.82. The van der Waals surface area contributed by atoms with Gasteiger partial charge in [-0.1, -0.05) is 13.8 Å². The minimum Gasteiger partial charge on any atom is -0.482 e. The van der Waals surface area contributed by atoms with E-state index in [0.29, 0.717) is 16.6 Å². The molecule has 1 aromatic heterocycles. The van der Waals surface area contributed by atoms with E-state index in [1.807, 2.05) is 39.0 Å². The molecular weight excluding hydrogens is 338 g/mol. The first-order chi connectivity index (χ1) is 12.0. The number of hydrogen-bond donors (Lipinski definition) is 2. The Bertz CT molecular complexity index is 812. The summed E-state index contributed by atoms with van der Waals surface area (Å²) in [5.41, 5.74) is 2.32. The maximum atomic E-state index is 12.3. The maximum absolute atomic E-state index is 12.3. The number of hydrogen-bond acceptors (Lipinski definition) is 5. The van der Waals surface area contributed by atoms with Gasteiger partial charge in [0.05, 0.1) is 11.4 Å². The van der Waals surface area contributed by atoms with Crippen LogP contribution < -0.4 is 15.4 Å². The molecule has 132 valence electrons. The van der Waals surface area contributed by atoms with Gasteiger partial charge in [0.1, 0.15) is 5.75 Å². The Hall–Kier alpha value is -2.41. The van der Waals surface area contributed by atoms with Gasteiger partial charge in [-0.15, -0.1) is 11.3 Å². The number of aromatic nitrogens is 1. The molecule has 0 saturated heterocycles. The molecule has 7 heteroatoms. The Labute approximate surface area is 150 Å². The second-order valence-corrected chi connectivity index (χ2v) is 7.18. The largest absolute Gasteiger partial charge is 0.482 e. The van der Waals surface area contributed by atoms with Crippen molar-refractivity contribution >= 4 is 34.0 Å². The Morgan fingerprint density at radius 1 is 1.40 bits per heavy atom. The van der Waals surface area contributed by atoms with E-state index in [4.69, 9.17) is 4.74 Å². The lowest BCUT2D eigenvalue weighted by Crippen LogP contribution is -2.25. The summed E-state index contributed by atoms with van der Waals surface area (Å²) in [5.74, 6) is 0.497. The van der Waals surface area contributed by atoms with Crippen LogP contribution in [0.4, 0.5) is 10.8 Å². The van der Waals surface area contributed by atoms with Crippen molar-refractivity contribution < 1.29 is 14.3 Å². The number of thiazole rings is 1. The smallest absolute Gasteiger partial charge is 0.262 e. The van der Waals surface area contributed by atoms with Gasteiger partial charge in [-0.3, -0.25) is 9.59 Å². The molecule has 0 unspecified atom stereocenters. The van der Waals surface area contributed by atoms with Crippen LogP contribution in [0.1, 0.15) is 31.6 Å². The molecule has 2 aromatic rings. The Kier molecular flexibility index (Phi) is 5.03. The molecule has 0 fully saturated rings. The number of fused-ring (bicyclic) bond motifs is 1. The second-order valence-electron chi connectivity index (χ2n) is 5.97. The fourth-order valence-electron chi connectivity index (χ4n) is 2.82. The van der Waals surface area contributed by atoms with E-state index in [1.165, 1.54) is 11.3 Å². The van der Waals surface area contributed by atoms with Gasteiger partial charge in [0.15, 0.2) is 11.7 Å². The van der Waals surface area contributed by atoms with Crippen LogP contribution in [0.5, 0.6) is 5.75 Å². The number of rotatable bonds is 5. The summed E-state index contributed by atoms with van der Waals surface area (Å²) in [6.07, 6.45) is 1.62. The third-order valence-corrected chi connectivity index (χ3v) is 5.16. The zero-order valence-electron chi connectivity index (χ0n) is 14.5. The number of carbonyl (C=O) groups excluding carboxylic acids is 2. The highest BCUT2D eigenvalue weighted by Gasteiger charge is 2.20. The molecule has 0 saturated carbocycles. The molecule has 0 spiro atoms. The fourth-order valence-corrected chi connectivity index (χ4v) is 3.65. The number of benzene rings is 1. The number of anilines is 2. The summed E-state index contributed by atoms with van der Waals surface area (Å²) < 4.78 is 5.38. The maximum Gasteiger partial charge on any atom is 0.262 e. The van der Waals surface area contributed by atoms with Crippen LogP contribution in [0.2, 0.25) is 0 Å². The summed E-state index contributed by atoms with van der Waals surface area (Å²) in [6.45, 7) is 6.02. The Morgan fingerprint density at radius 2 is 2.16 bits per heavy atom. The lowest BCUT2D eigenvalue weighted by molar-refractivity contribution is -0.120. The van der Waals surface area contributed by atoms with Crippen LogP contribution >= 0.6 is 11.3 Å². The van der Waals surface area contributed by atoms with Crippen molar-refractivity contribution in [3.05, 3.63) is 23.1 Å². The van der Waals surface area contributed by atoms with Crippen LogP contribution in [0.15, 0.2) is 18.2 Å². The second kappa shape index (κ2) is 7.23. The van der Waals surface area contributed by atoms with Crippen LogP contribution in [-0.4, -0.2) is 23.4 Å². The van der Waals surface area contributed by atoms with Crippen molar-refractivity contribution in [2.45, 2.75) is 33.6 Å². The topological polar surface area (TPSA) is 80.3 Å². The normalized spacial score (nSPS) is 13.2. The predicted molar refractivity (Wildman–Crippen MR) is 99.1 cm³/mol. The van der Waals surface area contributed by atoms with Crippen molar-refractivity contribution in [1.29, 1.82) is 0 Å². The van der Waals surface area contributed by atoms with Gasteiger partial charge in [-0.2, -0.15) is 0 Å². The SMILES string of the molecule is CCC(CC)C(=O)Nc1nc(-c2ccc3c(c2)NC(=O)CO3)c(C)s1. The van der Waals surface area contributed by atoms with E-state index in [2.05, 4.69) is 15.6 Å². The molecule has 6 nitrogen and oxygen atoms in total. The van der Waals surface area contributed by atoms with Crippen LogP contribution in [0.25, 0.3) is 11.3 Å². The van der Waals surface area contributed by atoms with Crippen molar-refractivity contribution in [1.82, 2.24) is 4.98 Å². The minimum absolute atomic E-state index is 0.00348. The van der Waals surface area contributed by atoms with E-state index >= 15 is 0 Å². The highest BCUT2D eigenvalue weighted by molar-refractivity contribution is 7.16. The molecule has 0 atom stereocenters. The van der Waals surface area contributed by atoms with Crippen molar-refractivity contribution in [2.75, 3.05) is 17.2 Å². The fraction of sp³-hybridized carbons (Fsp3) is 0.389. The average molecular weight is 359 g/mol. The number of nitrogens with one attached hydrogen (secondary N) is 2. The van der Waals surface area contributed by atoms with Crippen molar-refractivity contribution in [3.63, 3.8) is 0 Å². The number of ether oxygens (including phenoxy) is 1. The quantitative estimate of drug-likeness (QED) is 0.850. The number of carbonyl (C=O) groups is 2. The molecule has 2 heterocycles. The summed E-state index contributed by atoms with van der Waals surface area (Å²) in [6, 6.07) is 5.58. The van der Waals surface area contributed by atoms with Gasteiger partial charge in [-0.05, 0) is 38.0 Å². The first-order valence-electron chi connectivity index (χ1n) is 8.37. The molecular formula is C18H21N3O3S. The molecule has 3 rings (SSSR count). The highest BCUT2D eigenvalue weighted by Crippen LogP contribution is 2.36. The zero-order chi connectivity index (χ0) is 18.0. The highest BCUT2D eigenvalue weighted by atomic mass is 32.1. The van der Waals surface area contributed by atoms with E-state index in [-0.39, 0.29) is 24.3 Å². The molecule has 1 aromatic carbocycles. The lowest BCUT2D eigenvalue weighted by atomic mass is 10.0. The monoisotopic (exact) mass is 359 g/mol. The molecule has 0 radical (unpaired) electrons. The third-order valence-electron chi connectivity index (χ3n) is 4.27. The van der Waals surface area contributed by atoms with E-state index in [0.717, 1.165) is 29.0 Å². The van der Waals surface area contributed by atoms with Crippen LogP contribution in [0.3, 0.4) is 0 Å². The van der Waals surface area contributed by atoms with E-state index in [9.17, 15) is 9.59 Å². The average Bonchev–Trinajstić information content (AvgIpc) is 2.95. The Morgan fingerprint density at radius 3 is 2.88 bits per heavy atom. The number of amides is 2. The van der Waals surface area contributed by atoms with Gasteiger partial charge in [-0.25, -0.2) is 4.98 Å². The van der Waals surface area contributed by atoms with E-state index in [1.54, 1.807) is 0 Å².